The fraction of sp³-hybridized carbons (Fsp3) is 0.0370. The zero-order chi connectivity index (χ0) is 21.8. The van der Waals surface area contributed by atoms with Gasteiger partial charge in [0, 0.05) is 0 Å². The second kappa shape index (κ2) is 8.49. The zero-order valence-electron chi connectivity index (χ0n) is 16.8. The molecule has 0 unspecified atom stereocenters. The van der Waals surface area contributed by atoms with Gasteiger partial charge in [-0.25, -0.2) is 0 Å². The van der Waals surface area contributed by atoms with Crippen molar-refractivity contribution in [1.29, 1.82) is 10.5 Å². The first-order valence-electron chi connectivity index (χ1n) is 9.92. The van der Waals surface area contributed by atoms with Crippen LogP contribution in [0.5, 0.6) is 0 Å². The van der Waals surface area contributed by atoms with E-state index in [9.17, 15) is 10.5 Å². The maximum absolute atomic E-state index is 9.54. The fourth-order valence-electron chi connectivity index (χ4n) is 4.19. The molecule has 0 amide bonds. The summed E-state index contributed by atoms with van der Waals surface area (Å²) in [7, 11) is 0. The summed E-state index contributed by atoms with van der Waals surface area (Å²) >= 11 is 4.41. The van der Waals surface area contributed by atoms with Crippen LogP contribution in [-0.4, -0.2) is 0 Å². The molecule has 0 aliphatic rings. The minimum atomic E-state index is -3.16. The number of halogens is 1. The number of hydrogen-bond donors (Lipinski definition) is 0. The van der Waals surface area contributed by atoms with Crippen molar-refractivity contribution in [3.8, 4) is 12.1 Å². The molecule has 4 aromatic carbocycles. The summed E-state index contributed by atoms with van der Waals surface area (Å²) < 4.78 is 0. The molecule has 4 aromatic rings. The number of hydrogen-bond acceptors (Lipinski definition) is 2. The van der Waals surface area contributed by atoms with Gasteiger partial charge < -0.3 is 0 Å². The Bertz CT molecular complexity index is 1160. The second-order valence-corrected chi connectivity index (χ2v) is 16.4. The van der Waals surface area contributed by atoms with Crippen LogP contribution in [0.4, 0.5) is 0 Å². The molecular weight excluding hydrogens is 463 g/mol. The summed E-state index contributed by atoms with van der Waals surface area (Å²) in [6.07, 6.45) is 0.647. The number of nitriles is 2. The number of rotatable bonds is 5. The Morgan fingerprint density at radius 3 is 1.26 bits per heavy atom. The predicted octanol–water partition coefficient (Wildman–Crippen LogP) is 5.77. The van der Waals surface area contributed by atoms with Crippen LogP contribution >= 0.6 is 20.8 Å². The van der Waals surface area contributed by atoms with Crippen molar-refractivity contribution in [2.24, 2.45) is 0 Å². The zero-order valence-corrected chi connectivity index (χ0v) is 19.3. The molecule has 0 saturated carbocycles. The molecule has 0 aliphatic carbocycles. The van der Waals surface area contributed by atoms with Gasteiger partial charge in [-0.2, -0.15) is 0 Å². The van der Waals surface area contributed by atoms with E-state index in [0.29, 0.717) is 17.3 Å². The summed E-state index contributed by atoms with van der Waals surface area (Å²) in [4.78, 5) is 0. The van der Waals surface area contributed by atoms with Crippen molar-refractivity contribution in [2.75, 3.05) is 0 Å². The van der Waals surface area contributed by atoms with Gasteiger partial charge in [-0.05, 0) is 0 Å². The van der Waals surface area contributed by atoms with E-state index in [1.54, 1.807) is 6.07 Å². The normalized spacial score (nSPS) is 12.2. The van der Waals surface area contributed by atoms with E-state index in [1.165, 1.54) is 15.9 Å². The van der Waals surface area contributed by atoms with Crippen molar-refractivity contribution >= 4 is 36.7 Å². The van der Waals surface area contributed by atoms with Crippen LogP contribution in [0.2, 0.25) is 0 Å². The van der Waals surface area contributed by atoms with Crippen molar-refractivity contribution < 1.29 is 0 Å². The summed E-state index contributed by atoms with van der Waals surface area (Å²) in [6.45, 7) is 0. The van der Waals surface area contributed by atoms with Crippen LogP contribution < -0.4 is 15.9 Å². The van der Waals surface area contributed by atoms with Gasteiger partial charge in [0.2, 0.25) is 0 Å². The van der Waals surface area contributed by atoms with Crippen LogP contribution in [0.3, 0.4) is 0 Å². The summed E-state index contributed by atoms with van der Waals surface area (Å²) in [5, 5.41) is 19.5. The first kappa shape index (κ1) is 21.0. The van der Waals surface area contributed by atoms with Gasteiger partial charge in [-0.1, -0.05) is 0 Å². The molecule has 31 heavy (non-hydrogen) atoms. The molecule has 4 heteroatoms. The van der Waals surface area contributed by atoms with E-state index in [4.69, 9.17) is 0 Å². The second-order valence-electron chi connectivity index (χ2n) is 7.49. The molecule has 0 bridgehead atoms. The van der Waals surface area contributed by atoms with E-state index in [2.05, 4.69) is 100 Å². The molecule has 0 radical (unpaired) electrons. The fourth-order valence-corrected chi connectivity index (χ4v) is 11.9. The summed E-state index contributed by atoms with van der Waals surface area (Å²) in [5.41, 5.74) is 1.96. The van der Waals surface area contributed by atoms with Crippen molar-refractivity contribution in [3.63, 3.8) is 0 Å². The Hall–Kier alpha value is -3.23. The number of nitrogens with zero attached hydrogens (tertiary/aromatic N) is 2. The van der Waals surface area contributed by atoms with E-state index >= 15 is 0 Å². The van der Waals surface area contributed by atoms with Gasteiger partial charge >= 0.3 is 191 Å². The topological polar surface area (TPSA) is 47.6 Å². The monoisotopic (exact) mass is 482 g/mol. The van der Waals surface area contributed by atoms with E-state index in [0.717, 1.165) is 5.56 Å². The molecule has 2 nitrogen and oxygen atoms in total. The van der Waals surface area contributed by atoms with Crippen molar-refractivity contribution in [3.05, 3.63) is 126 Å². The average molecular weight is 483 g/mol. The van der Waals surface area contributed by atoms with E-state index < -0.39 is 5.31 Å². The molecular formula is C27H20BrN2P. The molecule has 0 atom stereocenters. The Morgan fingerprint density at radius 2 is 0.935 bits per heavy atom. The minimum absolute atomic E-state index is 0.501. The van der Waals surface area contributed by atoms with Crippen LogP contribution in [-0.2, 0) is 6.16 Å². The predicted molar refractivity (Wildman–Crippen MR) is 134 cm³/mol. The van der Waals surface area contributed by atoms with Gasteiger partial charge in [0.15, 0.2) is 0 Å². The standard InChI is InChI=1S/C27H20BrN2P/c28-31(25-10-4-1-5-11-25,26-12-6-2-7-13-26,27-14-8-3-9-15-27)21-24-17-22(19-29)16-23(18-24)20-30/h1-18H,21H2. The van der Waals surface area contributed by atoms with E-state index in [-0.39, 0.29) is 0 Å². The molecule has 0 heterocycles. The van der Waals surface area contributed by atoms with Crippen LogP contribution in [0.25, 0.3) is 0 Å². The Kier molecular flexibility index (Phi) is 5.75. The Labute approximate surface area is 191 Å². The quantitative estimate of drug-likeness (QED) is 0.339. The van der Waals surface area contributed by atoms with Gasteiger partial charge in [0.05, 0.1) is 0 Å². The van der Waals surface area contributed by atoms with Crippen LogP contribution in [0.1, 0.15) is 16.7 Å². The van der Waals surface area contributed by atoms with Crippen LogP contribution in [0, 0.1) is 22.7 Å². The van der Waals surface area contributed by atoms with Gasteiger partial charge in [-0.3, -0.25) is 0 Å². The Morgan fingerprint density at radius 1 is 0.581 bits per heavy atom. The molecule has 0 aliphatic heterocycles. The Balaban J connectivity index is 2.10. The summed E-state index contributed by atoms with van der Waals surface area (Å²) in [5.74, 6) is 0. The van der Waals surface area contributed by atoms with Crippen LogP contribution in [0.15, 0.2) is 109 Å². The van der Waals surface area contributed by atoms with Gasteiger partial charge in [-0.15, -0.1) is 0 Å². The molecule has 0 N–H and O–H groups in total. The molecule has 4 rings (SSSR count). The summed E-state index contributed by atoms with van der Waals surface area (Å²) in [6, 6.07) is 41.4. The SMILES string of the molecule is N#Cc1cc(C#N)cc(CP(Br)(c2ccccc2)(c2ccccc2)c2ccccc2)c1. The van der Waals surface area contributed by atoms with Crippen molar-refractivity contribution in [2.45, 2.75) is 6.16 Å². The average Bonchev–Trinajstić information content (AvgIpc) is 2.85. The molecule has 0 spiro atoms. The maximum atomic E-state index is 9.54. The van der Waals surface area contributed by atoms with E-state index in [1.807, 2.05) is 30.3 Å². The molecule has 0 fully saturated rings. The third-order valence-corrected chi connectivity index (χ3v) is 15.1. The molecule has 0 aromatic heterocycles. The molecule has 150 valence electrons. The molecule has 0 saturated heterocycles. The third-order valence-electron chi connectivity index (χ3n) is 5.61. The first-order valence-corrected chi connectivity index (χ1v) is 14.4. The van der Waals surface area contributed by atoms with Gasteiger partial charge in [0.1, 0.15) is 0 Å². The number of benzene rings is 4. The third kappa shape index (κ3) is 3.68. The van der Waals surface area contributed by atoms with Gasteiger partial charge in [0.25, 0.3) is 0 Å². The van der Waals surface area contributed by atoms with Crippen molar-refractivity contribution in [1.82, 2.24) is 0 Å². The first-order chi connectivity index (χ1) is 15.1.